The van der Waals surface area contributed by atoms with Gasteiger partial charge in [0.05, 0.1) is 35.3 Å². The van der Waals surface area contributed by atoms with Crippen LogP contribution in [0.4, 0.5) is 15.2 Å². The molecule has 0 saturated carbocycles. The molecule has 1 aliphatic rings. The lowest BCUT2D eigenvalue weighted by atomic mass is 10.1. The van der Waals surface area contributed by atoms with Crippen molar-refractivity contribution in [3.8, 4) is 0 Å². The normalized spacial score (nSPS) is 15.0. The number of amides is 1. The van der Waals surface area contributed by atoms with Crippen LogP contribution in [0.5, 0.6) is 0 Å². The molecule has 0 radical (unpaired) electrons. The number of rotatable bonds is 12. The highest BCUT2D eigenvalue weighted by Crippen LogP contribution is 2.31. The number of thiazole rings is 1. The number of carboxylic acid groups (broad SMARTS) is 1. The predicted molar refractivity (Wildman–Crippen MR) is 154 cm³/mol. The maximum atomic E-state index is 14.9. The number of para-hydroxylation sites is 1. The minimum atomic E-state index is -0.846. The number of ketones is 1. The molecule has 4 aromatic rings. The van der Waals surface area contributed by atoms with Crippen LogP contribution in [-0.2, 0) is 27.2 Å². The third-order valence-electron chi connectivity index (χ3n) is 6.82. The Labute approximate surface area is 243 Å². The van der Waals surface area contributed by atoms with Crippen molar-refractivity contribution in [1.82, 2.24) is 4.98 Å². The van der Waals surface area contributed by atoms with Crippen LogP contribution in [0.1, 0.15) is 40.1 Å². The number of carboxylic acids is 1. The lowest BCUT2D eigenvalue weighted by Gasteiger charge is -2.23. The third kappa shape index (κ3) is 6.92. The molecule has 3 heterocycles. The fourth-order valence-corrected chi connectivity index (χ4v) is 6.01. The van der Waals surface area contributed by atoms with Gasteiger partial charge in [0.2, 0.25) is 0 Å². The molecule has 1 fully saturated rings. The first-order chi connectivity index (χ1) is 19.8. The van der Waals surface area contributed by atoms with Crippen molar-refractivity contribution < 1.29 is 33.0 Å². The van der Waals surface area contributed by atoms with E-state index in [2.05, 4.69) is 15.2 Å². The largest absolute Gasteiger partial charge is 0.481 e. The number of halogens is 2. The lowest BCUT2D eigenvalue weighted by Crippen LogP contribution is -2.33. The Morgan fingerprint density at radius 2 is 2.10 bits per heavy atom. The van der Waals surface area contributed by atoms with Gasteiger partial charge in [-0.3, -0.25) is 14.4 Å². The molecule has 1 aliphatic heterocycles. The summed E-state index contributed by atoms with van der Waals surface area (Å²) >= 11 is 7.79. The number of nitrogens with one attached hydrogen (secondary N) is 1. The van der Waals surface area contributed by atoms with E-state index in [4.69, 9.17) is 25.9 Å². The predicted octanol–water partition coefficient (Wildman–Crippen LogP) is 5.75. The van der Waals surface area contributed by atoms with Crippen molar-refractivity contribution in [2.24, 2.45) is 0 Å². The molecule has 1 amide bonds. The molecule has 1 atom stereocenters. The summed E-state index contributed by atoms with van der Waals surface area (Å²) in [5.74, 6) is -2.32. The zero-order chi connectivity index (χ0) is 28.9. The van der Waals surface area contributed by atoms with Crippen molar-refractivity contribution in [2.45, 2.75) is 38.1 Å². The number of ether oxygens (including phenoxy) is 1. The van der Waals surface area contributed by atoms with E-state index >= 15 is 0 Å². The van der Waals surface area contributed by atoms with Crippen LogP contribution >= 0.6 is 22.9 Å². The minimum absolute atomic E-state index is 0.0442. The van der Waals surface area contributed by atoms with E-state index in [0.29, 0.717) is 29.6 Å². The number of hydrogen-bond acceptors (Lipinski definition) is 8. The van der Waals surface area contributed by atoms with Crippen molar-refractivity contribution in [3.05, 3.63) is 75.7 Å². The number of carbonyl (C=O) groups is 3. The molecule has 2 aromatic heterocycles. The van der Waals surface area contributed by atoms with Crippen LogP contribution in [-0.4, -0.2) is 53.6 Å². The molecule has 12 heteroatoms. The van der Waals surface area contributed by atoms with Crippen molar-refractivity contribution >= 4 is 62.4 Å². The van der Waals surface area contributed by atoms with E-state index in [9.17, 15) is 18.8 Å². The molecule has 214 valence electrons. The SMILES string of the molecule is O=C(O)CCc1cnc(N2CCC[C@H]2COCC(=O)Cc2cc(Cl)c(NC(=O)c3coc4ccccc34)cc2F)s1. The first-order valence-electron chi connectivity index (χ1n) is 13.1. The number of carbonyl (C=O) groups excluding carboxylic acids is 2. The third-order valence-corrected chi connectivity index (χ3v) is 8.23. The molecular formula is C29H27ClFN3O6S. The Kier molecular flexibility index (Phi) is 8.96. The Morgan fingerprint density at radius 1 is 1.27 bits per heavy atom. The van der Waals surface area contributed by atoms with E-state index in [-0.39, 0.29) is 47.5 Å². The number of Topliss-reactive ketones (excluding diaryl/α,β-unsaturated/α-hetero) is 1. The standard InChI is InChI=1S/C29H27ClFN3O6S/c30-23-11-17(24(31)12-25(23)33-28(38)22-16-40-26-6-2-1-5-21(22)26)10-19(35)15-39-14-18-4-3-9-34(18)29-32-13-20(41-29)7-8-27(36)37/h1-2,5-6,11-13,16,18H,3-4,7-10,14-15H2,(H,33,38)(H,36,37)/t18-/m0/s1. The minimum Gasteiger partial charge on any atom is -0.481 e. The molecule has 2 N–H and O–H groups in total. The number of aliphatic carboxylic acids is 1. The van der Waals surface area contributed by atoms with Crippen LogP contribution in [0.2, 0.25) is 5.02 Å². The number of aromatic nitrogens is 1. The molecule has 0 aliphatic carbocycles. The maximum Gasteiger partial charge on any atom is 0.303 e. The topological polar surface area (TPSA) is 122 Å². The number of aryl methyl sites for hydroxylation is 1. The summed E-state index contributed by atoms with van der Waals surface area (Å²) in [4.78, 5) is 43.6. The van der Waals surface area contributed by atoms with E-state index in [1.165, 1.54) is 23.7 Å². The second kappa shape index (κ2) is 12.8. The Balaban J connectivity index is 1.13. The second-order valence-corrected chi connectivity index (χ2v) is 11.2. The number of nitrogens with zero attached hydrogens (tertiary/aromatic N) is 2. The van der Waals surface area contributed by atoms with E-state index in [1.54, 1.807) is 30.5 Å². The second-order valence-electron chi connectivity index (χ2n) is 9.75. The van der Waals surface area contributed by atoms with Crippen molar-refractivity contribution in [1.29, 1.82) is 0 Å². The van der Waals surface area contributed by atoms with Crippen molar-refractivity contribution in [3.63, 3.8) is 0 Å². The number of hydrogen-bond donors (Lipinski definition) is 2. The molecule has 0 spiro atoms. The fraction of sp³-hybridized carbons (Fsp3) is 0.310. The summed E-state index contributed by atoms with van der Waals surface area (Å²) in [5, 5.41) is 13.0. The van der Waals surface area contributed by atoms with Gasteiger partial charge in [-0.15, -0.1) is 11.3 Å². The molecule has 1 saturated heterocycles. The zero-order valence-corrected chi connectivity index (χ0v) is 23.5. The van der Waals surface area contributed by atoms with Gasteiger partial charge in [-0.2, -0.15) is 0 Å². The molecule has 9 nitrogen and oxygen atoms in total. The quantitative estimate of drug-likeness (QED) is 0.211. The van der Waals surface area contributed by atoms with E-state index in [0.717, 1.165) is 35.5 Å². The average Bonchev–Trinajstić information content (AvgIpc) is 3.70. The van der Waals surface area contributed by atoms with Crippen LogP contribution in [0.25, 0.3) is 11.0 Å². The Bertz CT molecular complexity index is 1590. The highest BCUT2D eigenvalue weighted by molar-refractivity contribution is 7.15. The Morgan fingerprint density at radius 3 is 2.93 bits per heavy atom. The van der Waals surface area contributed by atoms with Gasteiger partial charge in [-0.25, -0.2) is 9.37 Å². The summed E-state index contributed by atoms with van der Waals surface area (Å²) < 4.78 is 26.0. The Hall–Kier alpha value is -3.80. The first-order valence-corrected chi connectivity index (χ1v) is 14.3. The lowest BCUT2D eigenvalue weighted by molar-refractivity contribution is -0.137. The number of furan rings is 1. The van der Waals surface area contributed by atoms with Crippen molar-refractivity contribution in [2.75, 3.05) is 30.0 Å². The van der Waals surface area contributed by atoms with Gasteiger partial charge in [0, 0.05) is 29.4 Å². The molecule has 2 aromatic carbocycles. The average molecular weight is 600 g/mol. The smallest absolute Gasteiger partial charge is 0.303 e. The number of benzene rings is 2. The summed E-state index contributed by atoms with van der Waals surface area (Å²) in [6, 6.07) is 9.53. The summed E-state index contributed by atoms with van der Waals surface area (Å²) in [5.41, 5.74) is 1.04. The van der Waals surface area contributed by atoms with E-state index < -0.39 is 17.7 Å². The van der Waals surface area contributed by atoms with Gasteiger partial charge in [-0.1, -0.05) is 29.8 Å². The molecular weight excluding hydrogens is 573 g/mol. The number of anilines is 2. The first kappa shape index (κ1) is 28.7. The highest BCUT2D eigenvalue weighted by Gasteiger charge is 2.27. The summed E-state index contributed by atoms with van der Waals surface area (Å²) in [7, 11) is 0. The van der Waals surface area contributed by atoms with Crippen LogP contribution in [0.3, 0.4) is 0 Å². The van der Waals surface area contributed by atoms with Gasteiger partial charge >= 0.3 is 5.97 Å². The monoisotopic (exact) mass is 599 g/mol. The molecule has 0 bridgehead atoms. The number of fused-ring (bicyclic) bond motifs is 1. The summed E-state index contributed by atoms with van der Waals surface area (Å²) in [6.07, 6.45) is 5.16. The van der Waals surface area contributed by atoms with Gasteiger partial charge in [0.1, 0.15) is 24.3 Å². The van der Waals surface area contributed by atoms with Crippen LogP contribution in [0.15, 0.2) is 53.3 Å². The molecule has 0 unspecified atom stereocenters. The van der Waals surface area contributed by atoms with Gasteiger partial charge in [0.15, 0.2) is 10.9 Å². The van der Waals surface area contributed by atoms with Gasteiger partial charge in [0.25, 0.3) is 5.91 Å². The van der Waals surface area contributed by atoms with Gasteiger partial charge in [-0.05, 0) is 43.0 Å². The molecule has 41 heavy (non-hydrogen) atoms. The molecule has 5 rings (SSSR count). The van der Waals surface area contributed by atoms with E-state index in [1.807, 2.05) is 0 Å². The van der Waals surface area contributed by atoms with Crippen LogP contribution < -0.4 is 10.2 Å². The van der Waals surface area contributed by atoms with Crippen LogP contribution in [0, 0.1) is 5.82 Å². The van der Waals surface area contributed by atoms with Gasteiger partial charge < -0.3 is 24.5 Å². The zero-order valence-electron chi connectivity index (χ0n) is 21.9. The fourth-order valence-electron chi connectivity index (χ4n) is 4.77. The summed E-state index contributed by atoms with van der Waals surface area (Å²) in [6.45, 7) is 0.930. The maximum absolute atomic E-state index is 14.9. The highest BCUT2D eigenvalue weighted by atomic mass is 35.5.